The van der Waals surface area contributed by atoms with Crippen molar-refractivity contribution in [1.29, 1.82) is 0 Å². The Balaban J connectivity index is 1.45. The van der Waals surface area contributed by atoms with Gasteiger partial charge < -0.3 is 10.1 Å². The molecule has 1 aromatic heterocycles. The Morgan fingerprint density at radius 3 is 2.70 bits per heavy atom. The molecule has 1 unspecified atom stereocenters. The molecule has 2 heterocycles. The van der Waals surface area contributed by atoms with Gasteiger partial charge in [-0.1, -0.05) is 72.3 Å². The second-order valence-electron chi connectivity index (χ2n) is 8.86. The lowest BCUT2D eigenvalue weighted by Crippen LogP contribution is -2.32. The van der Waals surface area contributed by atoms with E-state index in [9.17, 15) is 9.59 Å². The third-order valence-electron chi connectivity index (χ3n) is 6.68. The number of nitrogens with one attached hydrogen (secondary N) is 1. The Kier molecular flexibility index (Phi) is 5.94. The van der Waals surface area contributed by atoms with Gasteiger partial charge in [-0.05, 0) is 43.2 Å². The summed E-state index contributed by atoms with van der Waals surface area (Å²) in [4.78, 5) is 31.2. The number of aromatic nitrogens is 2. The zero-order valence-electron chi connectivity index (χ0n) is 18.3. The fourth-order valence-electron chi connectivity index (χ4n) is 5.02. The lowest BCUT2D eigenvalue weighted by molar-refractivity contribution is -0.149. The van der Waals surface area contributed by atoms with E-state index in [0.29, 0.717) is 18.7 Å². The van der Waals surface area contributed by atoms with Gasteiger partial charge >= 0.3 is 5.97 Å². The summed E-state index contributed by atoms with van der Waals surface area (Å²) in [5.41, 5.74) is 1.91. The minimum atomic E-state index is -0.731. The summed E-state index contributed by atoms with van der Waals surface area (Å²) in [6, 6.07) is 8.79. The summed E-state index contributed by atoms with van der Waals surface area (Å²) in [6.45, 7) is 0.639. The molecule has 0 saturated heterocycles. The van der Waals surface area contributed by atoms with Gasteiger partial charge in [0, 0.05) is 12.0 Å². The standard InChI is InChI=1S/C26H26ClN3O3/c27-22-21-26(13-7-8-14-26)15-20(25(32)33-17-19-11-5-2-6-12-19)30(21)24(31)23(29-22)28-16-18-9-3-1-4-10-18/h2-3,5-12,20H,1,4,13-17H2,(H,28,29). The zero-order chi connectivity index (χ0) is 22.8. The van der Waals surface area contributed by atoms with Gasteiger partial charge in [0.2, 0.25) is 0 Å². The van der Waals surface area contributed by atoms with Gasteiger partial charge in [0.05, 0.1) is 5.69 Å². The zero-order valence-corrected chi connectivity index (χ0v) is 19.1. The Labute approximate surface area is 197 Å². The van der Waals surface area contributed by atoms with E-state index in [1.807, 2.05) is 36.4 Å². The third-order valence-corrected chi connectivity index (χ3v) is 6.94. The van der Waals surface area contributed by atoms with Crippen molar-refractivity contribution in [2.24, 2.45) is 0 Å². The molecule has 1 N–H and O–H groups in total. The van der Waals surface area contributed by atoms with Crippen molar-refractivity contribution in [3.8, 4) is 0 Å². The van der Waals surface area contributed by atoms with Crippen molar-refractivity contribution in [1.82, 2.24) is 9.55 Å². The van der Waals surface area contributed by atoms with Crippen LogP contribution in [0.25, 0.3) is 0 Å². The fourth-order valence-corrected chi connectivity index (χ4v) is 5.39. The Bertz CT molecular complexity index is 1210. The number of hydrogen-bond acceptors (Lipinski definition) is 5. The SMILES string of the molecule is O=C(OCc1ccccc1)C1CC2(CC=CC2)c2c(Cl)nc(NCC3=CCCC=C3)c(=O)n21. The molecule has 170 valence electrons. The van der Waals surface area contributed by atoms with E-state index in [4.69, 9.17) is 16.3 Å². The maximum absolute atomic E-state index is 13.5. The molecule has 1 aromatic carbocycles. The number of allylic oxidation sites excluding steroid dienone is 4. The van der Waals surface area contributed by atoms with Crippen LogP contribution in [0.5, 0.6) is 0 Å². The Morgan fingerprint density at radius 1 is 1.18 bits per heavy atom. The smallest absolute Gasteiger partial charge is 0.329 e. The number of halogens is 1. The summed E-state index contributed by atoms with van der Waals surface area (Å²) < 4.78 is 7.17. The van der Waals surface area contributed by atoms with Crippen molar-refractivity contribution in [2.45, 2.75) is 50.2 Å². The van der Waals surface area contributed by atoms with Gasteiger partial charge in [0.1, 0.15) is 12.6 Å². The van der Waals surface area contributed by atoms with Crippen LogP contribution in [0.4, 0.5) is 5.82 Å². The molecular weight excluding hydrogens is 438 g/mol. The molecule has 1 spiro atoms. The van der Waals surface area contributed by atoms with Crippen molar-refractivity contribution >= 4 is 23.4 Å². The van der Waals surface area contributed by atoms with Gasteiger partial charge in [-0.15, -0.1) is 0 Å². The maximum Gasteiger partial charge on any atom is 0.329 e. The highest BCUT2D eigenvalue weighted by molar-refractivity contribution is 6.30. The molecule has 33 heavy (non-hydrogen) atoms. The number of anilines is 1. The van der Waals surface area contributed by atoms with Crippen LogP contribution in [0.3, 0.4) is 0 Å². The number of benzene rings is 1. The number of carbonyl (C=O) groups excluding carboxylic acids is 1. The summed E-state index contributed by atoms with van der Waals surface area (Å²) >= 11 is 6.66. The lowest BCUT2D eigenvalue weighted by atomic mass is 9.80. The molecule has 2 aromatic rings. The monoisotopic (exact) mass is 463 g/mol. The first kappa shape index (κ1) is 21.7. The first-order valence-electron chi connectivity index (χ1n) is 11.3. The van der Waals surface area contributed by atoms with Gasteiger partial charge in [-0.3, -0.25) is 9.36 Å². The number of carbonyl (C=O) groups is 1. The average Bonchev–Trinajstić information content (AvgIpc) is 3.46. The second kappa shape index (κ2) is 9.02. The molecular formula is C26H26ClN3O3. The van der Waals surface area contributed by atoms with Crippen molar-refractivity contribution in [2.75, 3.05) is 11.9 Å². The van der Waals surface area contributed by atoms with Crippen LogP contribution >= 0.6 is 11.6 Å². The largest absolute Gasteiger partial charge is 0.459 e. The Morgan fingerprint density at radius 2 is 1.97 bits per heavy atom. The van der Waals surface area contributed by atoms with Gasteiger partial charge in [0.15, 0.2) is 11.0 Å². The molecule has 1 atom stereocenters. The molecule has 7 heteroatoms. The lowest BCUT2D eigenvalue weighted by Gasteiger charge is -2.23. The van der Waals surface area contributed by atoms with Crippen LogP contribution < -0.4 is 10.9 Å². The maximum atomic E-state index is 13.5. The van der Waals surface area contributed by atoms with E-state index in [0.717, 1.165) is 36.8 Å². The van der Waals surface area contributed by atoms with Crippen molar-refractivity contribution in [3.63, 3.8) is 0 Å². The van der Waals surface area contributed by atoms with Gasteiger partial charge in [0.25, 0.3) is 5.56 Å². The Hall–Kier alpha value is -3.12. The first-order chi connectivity index (χ1) is 16.1. The number of esters is 1. The van der Waals surface area contributed by atoms with E-state index in [2.05, 4.69) is 34.6 Å². The van der Waals surface area contributed by atoms with Gasteiger partial charge in [-0.2, -0.15) is 0 Å². The molecule has 1 aliphatic heterocycles. The number of rotatable bonds is 6. The molecule has 5 rings (SSSR count). The van der Waals surface area contributed by atoms with Crippen molar-refractivity contribution in [3.05, 3.63) is 93.0 Å². The minimum absolute atomic E-state index is 0.160. The number of ether oxygens (including phenoxy) is 1. The quantitative estimate of drug-likeness (QED) is 0.489. The molecule has 0 fully saturated rings. The van der Waals surface area contributed by atoms with E-state index in [-0.39, 0.29) is 23.1 Å². The van der Waals surface area contributed by atoms with E-state index < -0.39 is 17.4 Å². The first-order valence-corrected chi connectivity index (χ1v) is 11.7. The molecule has 0 bridgehead atoms. The summed E-state index contributed by atoms with van der Waals surface area (Å²) in [5.74, 6) is -0.260. The number of fused-ring (bicyclic) bond motifs is 2. The van der Waals surface area contributed by atoms with E-state index in [1.165, 1.54) is 4.57 Å². The summed E-state index contributed by atoms with van der Waals surface area (Å²) in [5, 5.41) is 3.40. The highest BCUT2D eigenvalue weighted by atomic mass is 35.5. The summed E-state index contributed by atoms with van der Waals surface area (Å²) in [7, 11) is 0. The average molecular weight is 464 g/mol. The predicted octanol–water partition coefficient (Wildman–Crippen LogP) is 4.86. The van der Waals surface area contributed by atoms with E-state index in [1.54, 1.807) is 0 Å². The van der Waals surface area contributed by atoms with E-state index >= 15 is 0 Å². The van der Waals surface area contributed by atoms with Crippen LogP contribution in [0.15, 0.2) is 71.1 Å². The molecule has 0 radical (unpaired) electrons. The molecule has 2 aliphatic carbocycles. The summed E-state index contributed by atoms with van der Waals surface area (Å²) in [6.07, 6.45) is 14.4. The third kappa shape index (κ3) is 4.15. The normalized spacial score (nSPS) is 20.0. The molecule has 6 nitrogen and oxygen atoms in total. The molecule has 0 amide bonds. The van der Waals surface area contributed by atoms with Gasteiger partial charge in [-0.25, -0.2) is 9.78 Å². The highest BCUT2D eigenvalue weighted by Crippen LogP contribution is 2.50. The highest BCUT2D eigenvalue weighted by Gasteiger charge is 2.50. The predicted molar refractivity (Wildman–Crippen MR) is 128 cm³/mol. The van der Waals surface area contributed by atoms with Crippen LogP contribution in [0.1, 0.15) is 49.4 Å². The fraction of sp³-hybridized carbons (Fsp3) is 0.346. The van der Waals surface area contributed by atoms with Crippen LogP contribution in [-0.4, -0.2) is 22.1 Å². The molecule has 0 saturated carbocycles. The van der Waals surface area contributed by atoms with Crippen LogP contribution in [0, 0.1) is 0 Å². The number of nitrogens with zero attached hydrogens (tertiary/aromatic N) is 2. The second-order valence-corrected chi connectivity index (χ2v) is 9.22. The van der Waals surface area contributed by atoms with Crippen molar-refractivity contribution < 1.29 is 9.53 Å². The van der Waals surface area contributed by atoms with Crippen LogP contribution in [-0.2, 0) is 21.6 Å². The topological polar surface area (TPSA) is 73.2 Å². The molecule has 3 aliphatic rings. The van der Waals surface area contributed by atoms with Crippen LogP contribution in [0.2, 0.25) is 5.15 Å². The minimum Gasteiger partial charge on any atom is -0.459 e. The number of hydrogen-bond donors (Lipinski definition) is 1.